The number of carboxylic acid groups (broad SMARTS) is 1. The molecule has 0 aliphatic heterocycles. The van der Waals surface area contributed by atoms with Gasteiger partial charge in [-0.05, 0) is 59.3 Å². The van der Waals surface area contributed by atoms with Crippen LogP contribution in [0.5, 0.6) is 11.5 Å². The van der Waals surface area contributed by atoms with E-state index < -0.39 is 5.97 Å². The number of ether oxygens (including phenoxy) is 1. The van der Waals surface area contributed by atoms with E-state index in [2.05, 4.69) is 6.92 Å². The van der Waals surface area contributed by atoms with Gasteiger partial charge in [0.1, 0.15) is 11.5 Å². The highest BCUT2D eigenvalue weighted by molar-refractivity contribution is 7.11. The van der Waals surface area contributed by atoms with Crippen molar-refractivity contribution in [3.8, 4) is 11.5 Å². The maximum Gasteiger partial charge on any atom is 0.337 e. The summed E-state index contributed by atoms with van der Waals surface area (Å²) in [5.74, 6) is 0.568. The summed E-state index contributed by atoms with van der Waals surface area (Å²) in [5, 5.41) is 11.3. The van der Waals surface area contributed by atoms with Crippen LogP contribution in [0.4, 0.5) is 0 Å². The maximum absolute atomic E-state index is 11.5. The van der Waals surface area contributed by atoms with E-state index in [4.69, 9.17) is 4.74 Å². The topological polar surface area (TPSA) is 46.5 Å². The summed E-state index contributed by atoms with van der Waals surface area (Å²) in [6, 6.07) is 19.0. The monoisotopic (exact) mass is 350 g/mol. The van der Waals surface area contributed by atoms with E-state index in [0.717, 1.165) is 28.4 Å². The molecule has 3 aromatic rings. The van der Waals surface area contributed by atoms with Gasteiger partial charge in [0.05, 0.1) is 5.57 Å². The second kappa shape index (κ2) is 7.81. The molecule has 0 bridgehead atoms. The first-order chi connectivity index (χ1) is 12.2. The number of aryl methyl sites for hydroxylation is 1. The molecule has 0 aliphatic carbocycles. The Labute approximate surface area is 150 Å². The average molecular weight is 350 g/mol. The van der Waals surface area contributed by atoms with Gasteiger partial charge in [-0.15, -0.1) is 11.3 Å². The van der Waals surface area contributed by atoms with Gasteiger partial charge in [0.15, 0.2) is 0 Å². The molecule has 126 valence electrons. The summed E-state index contributed by atoms with van der Waals surface area (Å²) in [5.41, 5.74) is 2.38. The van der Waals surface area contributed by atoms with Crippen molar-refractivity contribution in [2.75, 3.05) is 0 Å². The van der Waals surface area contributed by atoms with E-state index in [1.807, 2.05) is 66.0 Å². The lowest BCUT2D eigenvalue weighted by Crippen LogP contribution is -1.97. The number of hydrogen-bond donors (Lipinski definition) is 1. The van der Waals surface area contributed by atoms with Crippen LogP contribution in [0.15, 0.2) is 66.0 Å². The number of carbonyl (C=O) groups is 1. The van der Waals surface area contributed by atoms with Crippen molar-refractivity contribution in [2.24, 2.45) is 0 Å². The zero-order valence-electron chi connectivity index (χ0n) is 13.8. The number of rotatable bonds is 6. The Balaban J connectivity index is 1.77. The third kappa shape index (κ3) is 4.37. The lowest BCUT2D eigenvalue weighted by atomic mass is 10.1. The van der Waals surface area contributed by atoms with Crippen LogP contribution < -0.4 is 4.74 Å². The highest BCUT2D eigenvalue weighted by Crippen LogP contribution is 2.26. The Morgan fingerprint density at radius 3 is 2.20 bits per heavy atom. The first kappa shape index (κ1) is 17.0. The smallest absolute Gasteiger partial charge is 0.337 e. The van der Waals surface area contributed by atoms with Crippen molar-refractivity contribution < 1.29 is 14.6 Å². The fourth-order valence-electron chi connectivity index (χ4n) is 2.40. The first-order valence-electron chi connectivity index (χ1n) is 8.01. The van der Waals surface area contributed by atoms with E-state index >= 15 is 0 Å². The van der Waals surface area contributed by atoms with Gasteiger partial charge >= 0.3 is 5.97 Å². The summed E-state index contributed by atoms with van der Waals surface area (Å²) < 4.78 is 5.82. The van der Waals surface area contributed by atoms with E-state index in [9.17, 15) is 9.90 Å². The first-order valence-corrected chi connectivity index (χ1v) is 8.89. The third-order valence-corrected chi connectivity index (χ3v) is 4.68. The molecule has 25 heavy (non-hydrogen) atoms. The molecule has 0 unspecified atom stereocenters. The number of benzene rings is 2. The number of hydrogen-bond acceptors (Lipinski definition) is 3. The summed E-state index contributed by atoms with van der Waals surface area (Å²) in [6.45, 7) is 2.11. The third-order valence-electron chi connectivity index (χ3n) is 3.78. The maximum atomic E-state index is 11.5. The Bertz CT molecular complexity index is 861. The Morgan fingerprint density at radius 2 is 1.68 bits per heavy atom. The largest absolute Gasteiger partial charge is 0.478 e. The minimum Gasteiger partial charge on any atom is -0.478 e. The van der Waals surface area contributed by atoms with Crippen molar-refractivity contribution in [3.05, 3.63) is 82.0 Å². The van der Waals surface area contributed by atoms with E-state index in [1.54, 1.807) is 6.08 Å². The molecule has 3 nitrogen and oxygen atoms in total. The van der Waals surface area contributed by atoms with Crippen molar-refractivity contribution >= 4 is 29.0 Å². The standard InChI is InChI=1S/C21H18O3S/c1-2-15-5-9-17(10-6-15)24-18-11-7-16(8-12-18)14-19(21(22)23)20-4-3-13-25-20/h3-14H,2H2,1H3,(H,22,23)/b19-14-. The molecule has 1 aromatic heterocycles. The van der Waals surface area contributed by atoms with Gasteiger partial charge in [-0.3, -0.25) is 0 Å². The highest BCUT2D eigenvalue weighted by atomic mass is 32.1. The molecule has 1 N–H and O–H groups in total. The minimum atomic E-state index is -0.932. The fraction of sp³-hybridized carbons (Fsp3) is 0.0952. The number of carboxylic acids is 1. The second-order valence-corrected chi connectivity index (χ2v) is 6.46. The molecule has 0 amide bonds. The van der Waals surface area contributed by atoms with Crippen molar-refractivity contribution in [3.63, 3.8) is 0 Å². The molecule has 0 radical (unpaired) electrons. The van der Waals surface area contributed by atoms with Crippen LogP contribution in [0.1, 0.15) is 22.9 Å². The molecule has 0 saturated carbocycles. The van der Waals surface area contributed by atoms with Gasteiger partial charge in [-0.25, -0.2) is 4.79 Å². The van der Waals surface area contributed by atoms with Gasteiger partial charge in [0.2, 0.25) is 0 Å². The van der Waals surface area contributed by atoms with Crippen molar-refractivity contribution in [1.29, 1.82) is 0 Å². The summed E-state index contributed by atoms with van der Waals surface area (Å²) in [7, 11) is 0. The van der Waals surface area contributed by atoms with Crippen LogP contribution in [-0.2, 0) is 11.2 Å². The second-order valence-electron chi connectivity index (χ2n) is 5.51. The van der Waals surface area contributed by atoms with Gasteiger partial charge in [-0.1, -0.05) is 37.3 Å². The summed E-state index contributed by atoms with van der Waals surface area (Å²) >= 11 is 1.41. The zero-order chi connectivity index (χ0) is 17.6. The zero-order valence-corrected chi connectivity index (χ0v) is 14.6. The lowest BCUT2D eigenvalue weighted by molar-refractivity contribution is -0.130. The molecule has 3 rings (SSSR count). The van der Waals surface area contributed by atoms with Crippen molar-refractivity contribution in [1.82, 2.24) is 0 Å². The van der Waals surface area contributed by atoms with Crippen LogP contribution in [-0.4, -0.2) is 11.1 Å². The predicted octanol–water partition coefficient (Wildman–Crippen LogP) is 5.73. The lowest BCUT2D eigenvalue weighted by Gasteiger charge is -2.07. The Kier molecular flexibility index (Phi) is 5.31. The Morgan fingerprint density at radius 1 is 1.04 bits per heavy atom. The predicted molar refractivity (Wildman–Crippen MR) is 102 cm³/mol. The van der Waals surface area contributed by atoms with E-state index in [-0.39, 0.29) is 0 Å². The fourth-order valence-corrected chi connectivity index (χ4v) is 3.13. The molecular formula is C21H18O3S. The molecule has 0 atom stereocenters. The van der Waals surface area contributed by atoms with Gasteiger partial charge in [0.25, 0.3) is 0 Å². The molecule has 0 saturated heterocycles. The average Bonchev–Trinajstić information content (AvgIpc) is 3.15. The Hall–Kier alpha value is -2.85. The molecular weight excluding hydrogens is 332 g/mol. The molecule has 0 fully saturated rings. The molecule has 0 aliphatic rings. The van der Waals surface area contributed by atoms with Crippen molar-refractivity contribution in [2.45, 2.75) is 13.3 Å². The molecule has 0 spiro atoms. The summed E-state index contributed by atoms with van der Waals surface area (Å²) in [6.07, 6.45) is 2.67. The molecule has 2 aromatic carbocycles. The van der Waals surface area contributed by atoms with Gasteiger partial charge < -0.3 is 9.84 Å². The molecule has 1 heterocycles. The van der Waals surface area contributed by atoms with Crippen LogP contribution >= 0.6 is 11.3 Å². The van der Waals surface area contributed by atoms with E-state index in [0.29, 0.717) is 5.57 Å². The highest BCUT2D eigenvalue weighted by Gasteiger charge is 2.11. The van der Waals surface area contributed by atoms with Crippen LogP contribution in [0, 0.1) is 0 Å². The van der Waals surface area contributed by atoms with Crippen LogP contribution in [0.2, 0.25) is 0 Å². The quantitative estimate of drug-likeness (QED) is 0.578. The number of aliphatic carboxylic acids is 1. The van der Waals surface area contributed by atoms with E-state index in [1.165, 1.54) is 16.9 Å². The van der Waals surface area contributed by atoms with Crippen LogP contribution in [0.25, 0.3) is 11.6 Å². The minimum absolute atomic E-state index is 0.291. The van der Waals surface area contributed by atoms with Crippen LogP contribution in [0.3, 0.4) is 0 Å². The summed E-state index contributed by atoms with van der Waals surface area (Å²) in [4.78, 5) is 12.2. The normalized spacial score (nSPS) is 11.3. The van der Waals surface area contributed by atoms with Gasteiger partial charge in [-0.2, -0.15) is 0 Å². The molecule has 4 heteroatoms. The number of thiophene rings is 1. The SMILES string of the molecule is CCc1ccc(Oc2ccc(/C=C(\C(=O)O)c3cccs3)cc2)cc1. The van der Waals surface area contributed by atoms with Gasteiger partial charge in [0, 0.05) is 4.88 Å².